The van der Waals surface area contributed by atoms with Crippen LogP contribution in [0.25, 0.3) is 16.8 Å². The molecule has 2 heterocycles. The molecular weight excluding hydrogens is 371 g/mol. The highest BCUT2D eigenvalue weighted by atomic mass is 19.1. The number of aromatic nitrogens is 1. The number of nitrogens with zero attached hydrogens (tertiary/aromatic N) is 3. The molecule has 0 atom stereocenters. The fourth-order valence-electron chi connectivity index (χ4n) is 3.13. The van der Waals surface area contributed by atoms with Crippen molar-refractivity contribution in [1.29, 1.82) is 5.53 Å². The summed E-state index contributed by atoms with van der Waals surface area (Å²) in [6.07, 6.45) is 3.31. The molecule has 1 saturated heterocycles. The lowest BCUT2D eigenvalue weighted by molar-refractivity contribution is 0.0337. The summed E-state index contributed by atoms with van der Waals surface area (Å²) in [6.45, 7) is 7.43. The van der Waals surface area contributed by atoms with Gasteiger partial charge in [0.05, 0.1) is 13.2 Å². The third-order valence-corrected chi connectivity index (χ3v) is 4.75. The van der Waals surface area contributed by atoms with Crippen LogP contribution in [0.2, 0.25) is 0 Å². The number of hydrogen-bond donors (Lipinski definition) is 3. The van der Waals surface area contributed by atoms with E-state index in [1.807, 2.05) is 26.0 Å². The molecule has 3 rings (SSSR count). The van der Waals surface area contributed by atoms with Crippen molar-refractivity contribution in [2.24, 2.45) is 5.11 Å². The zero-order valence-corrected chi connectivity index (χ0v) is 16.8. The van der Waals surface area contributed by atoms with E-state index >= 15 is 0 Å². The fourth-order valence-corrected chi connectivity index (χ4v) is 3.13. The Balaban J connectivity index is 1.91. The van der Waals surface area contributed by atoms with Crippen LogP contribution in [0.3, 0.4) is 0 Å². The Morgan fingerprint density at radius 2 is 2.10 bits per heavy atom. The van der Waals surface area contributed by atoms with Crippen LogP contribution in [-0.4, -0.2) is 42.2 Å². The summed E-state index contributed by atoms with van der Waals surface area (Å²) in [5, 5.41) is 6.70. The molecule has 0 spiro atoms. The van der Waals surface area contributed by atoms with E-state index in [0.717, 1.165) is 24.2 Å². The molecule has 29 heavy (non-hydrogen) atoms. The molecule has 1 fully saturated rings. The minimum absolute atomic E-state index is 0.198. The van der Waals surface area contributed by atoms with Crippen LogP contribution in [0.1, 0.15) is 25.0 Å². The predicted molar refractivity (Wildman–Crippen MR) is 112 cm³/mol. The number of nitrogens with one attached hydrogen (secondary N) is 2. The number of hydrogen-bond acceptors (Lipinski definition) is 7. The molecule has 1 aliphatic heterocycles. The predicted octanol–water partition coefficient (Wildman–Crippen LogP) is 3.63. The molecule has 8 heteroatoms. The van der Waals surface area contributed by atoms with Gasteiger partial charge in [0, 0.05) is 54.8 Å². The Hall–Kier alpha value is -2.84. The van der Waals surface area contributed by atoms with Gasteiger partial charge in [-0.2, -0.15) is 5.11 Å². The number of morpholine rings is 1. The maximum Gasteiger partial charge on any atom is 0.132 e. The van der Waals surface area contributed by atoms with Crippen LogP contribution in [-0.2, 0) is 11.3 Å². The Morgan fingerprint density at radius 1 is 1.34 bits per heavy atom. The molecule has 0 unspecified atom stereocenters. The number of halogens is 1. The Bertz CT molecular complexity index is 893. The molecule has 0 radical (unpaired) electrons. The highest BCUT2D eigenvalue weighted by Gasteiger charge is 2.15. The van der Waals surface area contributed by atoms with Crippen molar-refractivity contribution in [1.82, 2.24) is 15.2 Å². The molecular formula is C21H27FN6O. The van der Waals surface area contributed by atoms with Crippen LogP contribution in [0.4, 0.5) is 10.2 Å². The van der Waals surface area contributed by atoms with Gasteiger partial charge in [0.25, 0.3) is 0 Å². The largest absolute Gasteiger partial charge is 0.387 e. The first-order valence-electron chi connectivity index (χ1n) is 9.66. The van der Waals surface area contributed by atoms with Crippen LogP contribution in [0, 0.1) is 11.3 Å². The Kier molecular flexibility index (Phi) is 6.90. The van der Waals surface area contributed by atoms with Crippen molar-refractivity contribution in [3.8, 4) is 11.1 Å². The van der Waals surface area contributed by atoms with Crippen molar-refractivity contribution < 1.29 is 9.13 Å². The average molecular weight is 398 g/mol. The van der Waals surface area contributed by atoms with E-state index in [-0.39, 0.29) is 17.7 Å². The zero-order valence-electron chi connectivity index (χ0n) is 16.8. The second-order valence-electron chi connectivity index (χ2n) is 7.31. The maximum atomic E-state index is 14.4. The van der Waals surface area contributed by atoms with Gasteiger partial charge < -0.3 is 15.8 Å². The number of nitrogen functional groups attached to an aromatic ring is 1. The Morgan fingerprint density at radius 3 is 2.79 bits per heavy atom. The van der Waals surface area contributed by atoms with Crippen molar-refractivity contribution in [2.75, 3.05) is 32.0 Å². The minimum Gasteiger partial charge on any atom is -0.387 e. The number of pyridine rings is 1. The first-order valence-corrected chi connectivity index (χ1v) is 9.66. The van der Waals surface area contributed by atoms with Gasteiger partial charge in [-0.15, -0.1) is 0 Å². The highest BCUT2D eigenvalue weighted by molar-refractivity contribution is 5.77. The summed E-state index contributed by atoms with van der Waals surface area (Å²) in [6, 6.07) is 7.08. The van der Waals surface area contributed by atoms with Crippen molar-refractivity contribution in [2.45, 2.75) is 26.4 Å². The standard InChI is InChI=1S/C21H27FN6O/c1-14(2)25-12-20(27-24)18-10-16(11-26-21(18)23)15-3-4-19(22)17(9-15)13-28-5-7-29-8-6-28/h3-4,9-12,14,24-25H,5-8,13H2,1-2H3,(H2,23,26)/b20-12-,27-24?. The molecule has 0 saturated carbocycles. The third kappa shape index (κ3) is 5.36. The first-order chi connectivity index (χ1) is 14.0. The van der Waals surface area contributed by atoms with E-state index in [4.69, 9.17) is 16.0 Å². The van der Waals surface area contributed by atoms with E-state index in [1.165, 1.54) is 6.07 Å². The molecule has 2 aromatic rings. The van der Waals surface area contributed by atoms with Gasteiger partial charge >= 0.3 is 0 Å². The van der Waals surface area contributed by atoms with E-state index in [9.17, 15) is 4.39 Å². The van der Waals surface area contributed by atoms with Gasteiger partial charge in [-0.1, -0.05) is 6.07 Å². The number of benzene rings is 1. The summed E-state index contributed by atoms with van der Waals surface area (Å²) in [5.41, 5.74) is 16.7. The van der Waals surface area contributed by atoms with Crippen LogP contribution in [0.5, 0.6) is 0 Å². The quantitative estimate of drug-likeness (QED) is 0.619. The summed E-state index contributed by atoms with van der Waals surface area (Å²) in [4.78, 5) is 6.44. The molecule has 0 aliphatic carbocycles. The van der Waals surface area contributed by atoms with Gasteiger partial charge in [-0.25, -0.2) is 14.9 Å². The number of rotatable bonds is 7. The second kappa shape index (κ2) is 9.58. The van der Waals surface area contributed by atoms with E-state index in [2.05, 4.69) is 20.3 Å². The summed E-state index contributed by atoms with van der Waals surface area (Å²) in [5.74, 6) is 0.0592. The number of nitrogens with two attached hydrogens (primary N) is 1. The molecule has 1 aliphatic rings. The highest BCUT2D eigenvalue weighted by Crippen LogP contribution is 2.28. The molecule has 154 valence electrons. The summed E-state index contributed by atoms with van der Waals surface area (Å²) >= 11 is 0. The smallest absolute Gasteiger partial charge is 0.132 e. The van der Waals surface area contributed by atoms with Crippen LogP contribution >= 0.6 is 0 Å². The molecule has 4 N–H and O–H groups in total. The molecule has 0 amide bonds. The summed E-state index contributed by atoms with van der Waals surface area (Å²) in [7, 11) is 0. The monoisotopic (exact) mass is 398 g/mol. The zero-order chi connectivity index (χ0) is 20.8. The SMILES string of the molecule is CC(C)N/C=C(\N=N)c1cc(-c2ccc(F)c(CN3CCOCC3)c2)cnc1N. The molecule has 0 bridgehead atoms. The Labute approximate surface area is 170 Å². The lowest BCUT2D eigenvalue weighted by Gasteiger charge is -2.26. The van der Waals surface area contributed by atoms with Gasteiger partial charge in [0.1, 0.15) is 17.3 Å². The van der Waals surface area contributed by atoms with Gasteiger partial charge in [0.15, 0.2) is 0 Å². The lowest BCUT2D eigenvalue weighted by atomic mass is 10.0. The normalized spacial score (nSPS) is 15.5. The fraction of sp³-hybridized carbons (Fsp3) is 0.381. The van der Waals surface area contributed by atoms with Gasteiger partial charge in [-0.3, -0.25) is 4.90 Å². The van der Waals surface area contributed by atoms with Crippen molar-refractivity contribution in [3.05, 3.63) is 53.6 Å². The first kappa shape index (κ1) is 20.9. The van der Waals surface area contributed by atoms with Crippen molar-refractivity contribution >= 4 is 11.5 Å². The van der Waals surface area contributed by atoms with E-state index in [0.29, 0.717) is 36.6 Å². The number of anilines is 1. The van der Waals surface area contributed by atoms with Crippen LogP contribution < -0.4 is 11.1 Å². The number of ether oxygens (including phenoxy) is 1. The minimum atomic E-state index is -0.230. The summed E-state index contributed by atoms with van der Waals surface area (Å²) < 4.78 is 19.8. The van der Waals surface area contributed by atoms with Crippen molar-refractivity contribution in [3.63, 3.8) is 0 Å². The molecule has 1 aromatic carbocycles. The average Bonchev–Trinajstić information content (AvgIpc) is 2.72. The maximum absolute atomic E-state index is 14.4. The topological polar surface area (TPSA) is 99.6 Å². The van der Waals surface area contributed by atoms with E-state index in [1.54, 1.807) is 18.5 Å². The molecule has 1 aromatic heterocycles. The molecule has 7 nitrogen and oxygen atoms in total. The third-order valence-electron chi connectivity index (χ3n) is 4.75. The van der Waals surface area contributed by atoms with E-state index < -0.39 is 0 Å². The van der Waals surface area contributed by atoms with Gasteiger partial charge in [0.2, 0.25) is 0 Å². The van der Waals surface area contributed by atoms with Gasteiger partial charge in [-0.05, 0) is 37.6 Å². The second-order valence-corrected chi connectivity index (χ2v) is 7.31. The lowest BCUT2D eigenvalue weighted by Crippen LogP contribution is -2.35. The van der Waals surface area contributed by atoms with Crippen LogP contribution in [0.15, 0.2) is 41.8 Å².